The van der Waals surface area contributed by atoms with Crippen LogP contribution >= 0.6 is 11.6 Å². The molecule has 2 N–H and O–H groups in total. The molecule has 0 saturated heterocycles. The Hall–Kier alpha value is -3.32. The van der Waals surface area contributed by atoms with Crippen molar-refractivity contribution in [3.8, 4) is 11.5 Å². The predicted molar refractivity (Wildman–Crippen MR) is 104 cm³/mol. The molecule has 3 rings (SSSR count). The van der Waals surface area contributed by atoms with E-state index < -0.39 is 0 Å². The summed E-state index contributed by atoms with van der Waals surface area (Å²) >= 11 is 5.80. The second-order valence-electron chi connectivity index (χ2n) is 5.45. The summed E-state index contributed by atoms with van der Waals surface area (Å²) in [4.78, 5) is 11.9. The molecule has 0 bridgehead atoms. The summed E-state index contributed by atoms with van der Waals surface area (Å²) in [5.41, 5.74) is 0.816. The molecular formula is C19H17ClN4O3. The van der Waals surface area contributed by atoms with Gasteiger partial charge in [0.25, 0.3) is 5.91 Å². The third-order valence-electron chi connectivity index (χ3n) is 3.46. The molecule has 0 aliphatic carbocycles. The van der Waals surface area contributed by atoms with Crippen LogP contribution in [0.15, 0.2) is 60.7 Å². The SMILES string of the molecule is COc1cccc(Nc2ccc(NC(=O)COc3ccc(Cl)cc3)nn2)c1. The van der Waals surface area contributed by atoms with E-state index in [2.05, 4.69) is 20.8 Å². The number of halogens is 1. The molecule has 1 amide bonds. The number of ether oxygens (including phenoxy) is 2. The van der Waals surface area contributed by atoms with Crippen molar-refractivity contribution in [1.82, 2.24) is 10.2 Å². The number of amides is 1. The van der Waals surface area contributed by atoms with Crippen LogP contribution in [-0.4, -0.2) is 29.8 Å². The van der Waals surface area contributed by atoms with Crippen molar-refractivity contribution < 1.29 is 14.3 Å². The van der Waals surface area contributed by atoms with E-state index in [-0.39, 0.29) is 12.5 Å². The fourth-order valence-corrected chi connectivity index (χ4v) is 2.30. The standard InChI is InChI=1S/C19H17ClN4O3/c1-26-16-4-2-3-14(11-16)21-17-9-10-18(24-23-17)22-19(25)12-27-15-7-5-13(20)6-8-15/h2-11H,12H2,1H3,(H,21,23)(H,22,24,25). The summed E-state index contributed by atoms with van der Waals surface area (Å²) in [6, 6.07) is 17.5. The van der Waals surface area contributed by atoms with Gasteiger partial charge in [-0.25, -0.2) is 0 Å². The van der Waals surface area contributed by atoms with Gasteiger partial charge in [0.05, 0.1) is 7.11 Å². The van der Waals surface area contributed by atoms with Crippen molar-refractivity contribution in [3.63, 3.8) is 0 Å². The molecule has 0 aliphatic rings. The summed E-state index contributed by atoms with van der Waals surface area (Å²) in [5.74, 6) is 1.82. The van der Waals surface area contributed by atoms with Crippen LogP contribution < -0.4 is 20.1 Å². The zero-order valence-corrected chi connectivity index (χ0v) is 15.2. The molecular weight excluding hydrogens is 368 g/mol. The molecule has 0 atom stereocenters. The lowest BCUT2D eigenvalue weighted by Crippen LogP contribution is -2.21. The van der Waals surface area contributed by atoms with Gasteiger partial charge in [0.15, 0.2) is 18.2 Å². The van der Waals surface area contributed by atoms with Crippen LogP contribution in [0, 0.1) is 0 Å². The van der Waals surface area contributed by atoms with Crippen molar-refractivity contribution in [2.75, 3.05) is 24.4 Å². The molecule has 0 saturated carbocycles. The molecule has 0 spiro atoms. The lowest BCUT2D eigenvalue weighted by molar-refractivity contribution is -0.118. The molecule has 138 valence electrons. The molecule has 1 aromatic heterocycles. The minimum absolute atomic E-state index is 0.146. The van der Waals surface area contributed by atoms with E-state index in [0.717, 1.165) is 11.4 Å². The van der Waals surface area contributed by atoms with E-state index in [1.807, 2.05) is 24.3 Å². The maximum atomic E-state index is 11.9. The number of benzene rings is 2. The summed E-state index contributed by atoms with van der Waals surface area (Å²) in [5, 5.41) is 14.3. The Morgan fingerprint density at radius 1 is 1.00 bits per heavy atom. The summed E-state index contributed by atoms with van der Waals surface area (Å²) in [6.07, 6.45) is 0. The van der Waals surface area contributed by atoms with E-state index in [0.29, 0.717) is 22.4 Å². The largest absolute Gasteiger partial charge is 0.497 e. The van der Waals surface area contributed by atoms with Crippen LogP contribution in [0.2, 0.25) is 5.02 Å². The average Bonchev–Trinajstić information content (AvgIpc) is 2.69. The minimum atomic E-state index is -0.340. The number of anilines is 3. The first-order valence-electron chi connectivity index (χ1n) is 8.05. The van der Waals surface area contributed by atoms with E-state index in [9.17, 15) is 4.79 Å². The number of aromatic nitrogens is 2. The quantitative estimate of drug-likeness (QED) is 0.642. The Kier molecular flexibility index (Phi) is 6.06. The number of hydrogen-bond acceptors (Lipinski definition) is 6. The smallest absolute Gasteiger partial charge is 0.263 e. The molecule has 27 heavy (non-hydrogen) atoms. The van der Waals surface area contributed by atoms with Crippen LogP contribution in [0.4, 0.5) is 17.3 Å². The van der Waals surface area contributed by atoms with Crippen molar-refractivity contribution in [2.24, 2.45) is 0 Å². The molecule has 7 nitrogen and oxygen atoms in total. The first kappa shape index (κ1) is 18.5. The topological polar surface area (TPSA) is 85.4 Å². The van der Waals surface area contributed by atoms with Crippen LogP contribution in [-0.2, 0) is 4.79 Å². The van der Waals surface area contributed by atoms with Crippen molar-refractivity contribution in [1.29, 1.82) is 0 Å². The van der Waals surface area contributed by atoms with E-state index in [4.69, 9.17) is 21.1 Å². The van der Waals surface area contributed by atoms with Crippen LogP contribution in [0.1, 0.15) is 0 Å². The van der Waals surface area contributed by atoms with Gasteiger partial charge in [-0.3, -0.25) is 4.79 Å². The number of methoxy groups -OCH3 is 1. The highest BCUT2D eigenvalue weighted by molar-refractivity contribution is 6.30. The van der Waals surface area contributed by atoms with Crippen molar-refractivity contribution in [3.05, 3.63) is 65.7 Å². The van der Waals surface area contributed by atoms with Gasteiger partial charge in [-0.2, -0.15) is 0 Å². The third-order valence-corrected chi connectivity index (χ3v) is 3.71. The number of carbonyl (C=O) groups is 1. The second kappa shape index (κ2) is 8.86. The third kappa shape index (κ3) is 5.58. The Labute approximate surface area is 161 Å². The molecule has 0 aliphatic heterocycles. The number of nitrogens with one attached hydrogen (secondary N) is 2. The van der Waals surface area contributed by atoms with Gasteiger partial charge in [0.2, 0.25) is 0 Å². The van der Waals surface area contributed by atoms with E-state index in [1.54, 1.807) is 43.5 Å². The highest BCUT2D eigenvalue weighted by atomic mass is 35.5. The van der Waals surface area contributed by atoms with Crippen molar-refractivity contribution >= 4 is 34.8 Å². The highest BCUT2D eigenvalue weighted by Gasteiger charge is 2.06. The molecule has 3 aromatic rings. The molecule has 2 aromatic carbocycles. The minimum Gasteiger partial charge on any atom is -0.497 e. The Balaban J connectivity index is 1.52. The first-order chi connectivity index (χ1) is 13.1. The fourth-order valence-electron chi connectivity index (χ4n) is 2.17. The molecule has 0 unspecified atom stereocenters. The summed E-state index contributed by atoms with van der Waals surface area (Å²) < 4.78 is 10.6. The molecule has 0 fully saturated rings. The maximum Gasteiger partial charge on any atom is 0.263 e. The van der Waals surface area contributed by atoms with E-state index >= 15 is 0 Å². The zero-order valence-electron chi connectivity index (χ0n) is 14.5. The van der Waals surface area contributed by atoms with Gasteiger partial charge in [0, 0.05) is 16.8 Å². The van der Waals surface area contributed by atoms with Gasteiger partial charge in [0.1, 0.15) is 11.5 Å². The Morgan fingerprint density at radius 3 is 2.44 bits per heavy atom. The van der Waals surface area contributed by atoms with Crippen LogP contribution in [0.3, 0.4) is 0 Å². The van der Waals surface area contributed by atoms with Crippen LogP contribution in [0.5, 0.6) is 11.5 Å². The molecule has 0 radical (unpaired) electrons. The van der Waals surface area contributed by atoms with Crippen LogP contribution in [0.25, 0.3) is 0 Å². The van der Waals surface area contributed by atoms with Gasteiger partial charge in [-0.15, -0.1) is 10.2 Å². The number of nitrogens with zero attached hydrogens (tertiary/aromatic N) is 2. The van der Waals surface area contributed by atoms with Gasteiger partial charge in [-0.05, 0) is 48.5 Å². The maximum absolute atomic E-state index is 11.9. The lowest BCUT2D eigenvalue weighted by Gasteiger charge is -2.08. The average molecular weight is 385 g/mol. The highest BCUT2D eigenvalue weighted by Crippen LogP contribution is 2.20. The summed E-state index contributed by atoms with van der Waals surface area (Å²) in [6.45, 7) is -0.146. The number of rotatable bonds is 7. The first-order valence-corrected chi connectivity index (χ1v) is 8.43. The van der Waals surface area contributed by atoms with Gasteiger partial charge >= 0.3 is 0 Å². The molecule has 1 heterocycles. The van der Waals surface area contributed by atoms with Gasteiger partial charge in [-0.1, -0.05) is 17.7 Å². The van der Waals surface area contributed by atoms with Gasteiger partial charge < -0.3 is 20.1 Å². The Bertz CT molecular complexity index is 902. The Morgan fingerprint density at radius 2 is 1.74 bits per heavy atom. The van der Waals surface area contributed by atoms with E-state index in [1.165, 1.54) is 0 Å². The zero-order chi connectivity index (χ0) is 19.1. The number of hydrogen-bond donors (Lipinski definition) is 2. The second-order valence-corrected chi connectivity index (χ2v) is 5.89. The monoisotopic (exact) mass is 384 g/mol. The predicted octanol–water partition coefficient (Wildman–Crippen LogP) is 3.90. The normalized spacial score (nSPS) is 10.1. The molecule has 8 heteroatoms. The number of carbonyl (C=O) groups excluding carboxylic acids is 1. The van der Waals surface area contributed by atoms with Crippen molar-refractivity contribution in [2.45, 2.75) is 0 Å². The lowest BCUT2D eigenvalue weighted by atomic mass is 10.3. The fraction of sp³-hybridized carbons (Fsp3) is 0.105. The summed E-state index contributed by atoms with van der Waals surface area (Å²) in [7, 11) is 1.60.